The Balaban J connectivity index is 1.60. The first-order chi connectivity index (χ1) is 13.9. The highest BCUT2D eigenvalue weighted by molar-refractivity contribution is 6.31. The number of ether oxygens (including phenoxy) is 2. The zero-order chi connectivity index (χ0) is 20.5. The van der Waals surface area contributed by atoms with E-state index in [0.29, 0.717) is 28.2 Å². The summed E-state index contributed by atoms with van der Waals surface area (Å²) in [4.78, 5) is 12.6. The van der Waals surface area contributed by atoms with Gasteiger partial charge in [0.1, 0.15) is 29.7 Å². The largest absolute Gasteiger partial charge is 0.488 e. The predicted octanol–water partition coefficient (Wildman–Crippen LogP) is 6.12. The number of ketones is 1. The standard InChI is InChI=1S/C23H15ClF2O3/c1-13-20(28-12-17-18(24)6-3-7-19(17)26)9-8-16-22(27)21(29-23(13)16)11-14-4-2-5-15(25)10-14/h2-11H,12H2,1H3/b21-11-. The van der Waals surface area contributed by atoms with Crippen LogP contribution in [0.15, 0.2) is 60.4 Å². The van der Waals surface area contributed by atoms with Gasteiger partial charge in [-0.15, -0.1) is 0 Å². The maximum absolute atomic E-state index is 13.9. The van der Waals surface area contributed by atoms with Gasteiger partial charge in [0.15, 0.2) is 5.76 Å². The molecule has 3 aromatic rings. The number of carbonyl (C=O) groups excluding carboxylic acids is 1. The van der Waals surface area contributed by atoms with Crippen molar-refractivity contribution in [3.8, 4) is 11.5 Å². The number of benzene rings is 3. The number of Topliss-reactive ketones (excluding diaryl/α,β-unsaturated/α-hetero) is 1. The van der Waals surface area contributed by atoms with Crippen LogP contribution in [0, 0.1) is 18.6 Å². The molecule has 0 spiro atoms. The molecule has 1 heterocycles. The van der Waals surface area contributed by atoms with Crippen LogP contribution >= 0.6 is 11.6 Å². The van der Waals surface area contributed by atoms with E-state index in [1.807, 2.05) is 0 Å². The van der Waals surface area contributed by atoms with E-state index in [9.17, 15) is 13.6 Å². The number of hydrogen-bond donors (Lipinski definition) is 0. The molecule has 0 bridgehead atoms. The molecule has 6 heteroatoms. The van der Waals surface area contributed by atoms with Gasteiger partial charge in [0, 0.05) is 11.1 Å². The quantitative estimate of drug-likeness (QED) is 0.484. The van der Waals surface area contributed by atoms with Gasteiger partial charge in [0.2, 0.25) is 5.78 Å². The molecule has 3 nitrogen and oxygen atoms in total. The molecule has 0 aliphatic carbocycles. The van der Waals surface area contributed by atoms with Gasteiger partial charge in [0.25, 0.3) is 0 Å². The second-order valence-corrected chi connectivity index (χ2v) is 6.96. The number of allylic oxidation sites excluding steroid dienone is 1. The molecular weight excluding hydrogens is 398 g/mol. The highest BCUT2D eigenvalue weighted by atomic mass is 35.5. The van der Waals surface area contributed by atoms with Gasteiger partial charge < -0.3 is 9.47 Å². The van der Waals surface area contributed by atoms with Gasteiger partial charge in [-0.2, -0.15) is 0 Å². The Labute approximate surface area is 171 Å². The third-order valence-corrected chi connectivity index (χ3v) is 4.97. The summed E-state index contributed by atoms with van der Waals surface area (Å²) in [6.45, 7) is 1.68. The zero-order valence-electron chi connectivity index (χ0n) is 15.3. The Morgan fingerprint density at radius 3 is 2.66 bits per heavy atom. The van der Waals surface area contributed by atoms with Crippen LogP contribution in [0.25, 0.3) is 6.08 Å². The first-order valence-electron chi connectivity index (χ1n) is 8.83. The van der Waals surface area contributed by atoms with E-state index in [1.54, 1.807) is 37.3 Å². The Hall–Kier alpha value is -3.18. The molecule has 0 atom stereocenters. The fraction of sp³-hybridized carbons (Fsp3) is 0.0870. The topological polar surface area (TPSA) is 35.5 Å². The Morgan fingerprint density at radius 1 is 1.10 bits per heavy atom. The minimum absolute atomic E-state index is 0.0644. The van der Waals surface area contributed by atoms with Crippen molar-refractivity contribution >= 4 is 23.5 Å². The first kappa shape index (κ1) is 19.2. The average molecular weight is 413 g/mol. The molecule has 0 N–H and O–H groups in total. The number of halogens is 3. The molecule has 0 radical (unpaired) electrons. The molecule has 0 saturated heterocycles. The SMILES string of the molecule is Cc1c(OCc2c(F)cccc2Cl)ccc2c1O/C(=C\c1cccc(F)c1)C2=O. The van der Waals surface area contributed by atoms with Crippen LogP contribution in [0.1, 0.15) is 27.0 Å². The van der Waals surface area contributed by atoms with Crippen molar-refractivity contribution in [1.82, 2.24) is 0 Å². The summed E-state index contributed by atoms with van der Waals surface area (Å²) >= 11 is 6.03. The molecule has 0 unspecified atom stereocenters. The number of fused-ring (bicyclic) bond motifs is 1. The van der Waals surface area contributed by atoms with Gasteiger partial charge >= 0.3 is 0 Å². The van der Waals surface area contributed by atoms with Crippen molar-refractivity contribution < 1.29 is 23.0 Å². The Morgan fingerprint density at radius 2 is 1.90 bits per heavy atom. The second kappa shape index (κ2) is 7.68. The lowest BCUT2D eigenvalue weighted by atomic mass is 10.1. The molecule has 3 aromatic carbocycles. The van der Waals surface area contributed by atoms with Crippen molar-refractivity contribution in [2.45, 2.75) is 13.5 Å². The summed E-state index contributed by atoms with van der Waals surface area (Å²) in [7, 11) is 0. The first-order valence-corrected chi connectivity index (χ1v) is 9.21. The van der Waals surface area contributed by atoms with E-state index in [2.05, 4.69) is 0 Å². The Kier molecular flexibility index (Phi) is 5.07. The van der Waals surface area contributed by atoms with E-state index < -0.39 is 11.6 Å². The fourth-order valence-electron chi connectivity index (χ4n) is 3.09. The van der Waals surface area contributed by atoms with Gasteiger partial charge in [-0.25, -0.2) is 8.78 Å². The van der Waals surface area contributed by atoms with E-state index in [4.69, 9.17) is 21.1 Å². The summed E-state index contributed by atoms with van der Waals surface area (Å²) in [5, 5.41) is 0.274. The third kappa shape index (κ3) is 3.74. The average Bonchev–Trinajstić information content (AvgIpc) is 2.99. The highest BCUT2D eigenvalue weighted by Crippen LogP contribution is 2.39. The molecule has 0 saturated carbocycles. The van der Waals surface area contributed by atoms with Gasteiger partial charge in [-0.05, 0) is 55.0 Å². The Bertz CT molecular complexity index is 1130. The van der Waals surface area contributed by atoms with Crippen molar-refractivity contribution in [1.29, 1.82) is 0 Å². The molecule has 1 aliphatic rings. The maximum Gasteiger partial charge on any atom is 0.231 e. The van der Waals surface area contributed by atoms with Gasteiger partial charge in [-0.1, -0.05) is 29.8 Å². The van der Waals surface area contributed by atoms with Crippen molar-refractivity contribution in [3.63, 3.8) is 0 Å². The molecule has 0 fully saturated rings. The molecule has 0 amide bonds. The lowest BCUT2D eigenvalue weighted by molar-refractivity contribution is 0.101. The minimum Gasteiger partial charge on any atom is -0.488 e. The zero-order valence-corrected chi connectivity index (χ0v) is 16.1. The summed E-state index contributed by atoms with van der Waals surface area (Å²) in [6, 6.07) is 13.5. The van der Waals surface area contributed by atoms with Gasteiger partial charge in [-0.3, -0.25) is 4.79 Å². The molecular formula is C23H15ClF2O3. The van der Waals surface area contributed by atoms with Crippen LogP contribution in [-0.4, -0.2) is 5.78 Å². The molecule has 4 rings (SSSR count). The number of hydrogen-bond acceptors (Lipinski definition) is 3. The third-order valence-electron chi connectivity index (χ3n) is 4.62. The normalized spacial score (nSPS) is 14.1. The maximum atomic E-state index is 13.9. The predicted molar refractivity (Wildman–Crippen MR) is 106 cm³/mol. The summed E-state index contributed by atoms with van der Waals surface area (Å²) < 4.78 is 38.8. The lowest BCUT2D eigenvalue weighted by Gasteiger charge is -2.12. The van der Waals surface area contributed by atoms with Crippen LogP contribution < -0.4 is 9.47 Å². The van der Waals surface area contributed by atoms with Crippen LogP contribution in [0.3, 0.4) is 0 Å². The van der Waals surface area contributed by atoms with E-state index in [1.165, 1.54) is 30.3 Å². The van der Waals surface area contributed by atoms with Crippen LogP contribution in [0.5, 0.6) is 11.5 Å². The van der Waals surface area contributed by atoms with Crippen LogP contribution in [0.4, 0.5) is 8.78 Å². The van der Waals surface area contributed by atoms with E-state index in [0.717, 1.165) is 0 Å². The molecule has 29 heavy (non-hydrogen) atoms. The molecule has 1 aliphatic heterocycles. The molecule has 0 aromatic heterocycles. The van der Waals surface area contributed by atoms with Crippen molar-refractivity contribution in [2.75, 3.05) is 0 Å². The van der Waals surface area contributed by atoms with Gasteiger partial charge in [0.05, 0.1) is 10.6 Å². The smallest absolute Gasteiger partial charge is 0.231 e. The fourth-order valence-corrected chi connectivity index (χ4v) is 3.31. The summed E-state index contributed by atoms with van der Waals surface area (Å²) in [5.74, 6) is -0.235. The van der Waals surface area contributed by atoms with E-state index >= 15 is 0 Å². The highest BCUT2D eigenvalue weighted by Gasteiger charge is 2.30. The van der Waals surface area contributed by atoms with E-state index in [-0.39, 0.29) is 28.7 Å². The summed E-state index contributed by atoms with van der Waals surface area (Å²) in [5.41, 5.74) is 1.76. The number of carbonyl (C=O) groups is 1. The van der Waals surface area contributed by atoms with Crippen molar-refractivity contribution in [3.05, 3.63) is 99.3 Å². The second-order valence-electron chi connectivity index (χ2n) is 6.55. The van der Waals surface area contributed by atoms with Crippen molar-refractivity contribution in [2.24, 2.45) is 0 Å². The summed E-state index contributed by atoms with van der Waals surface area (Å²) in [6.07, 6.45) is 1.49. The molecule has 146 valence electrons. The number of rotatable bonds is 4. The minimum atomic E-state index is -0.456. The van der Waals surface area contributed by atoms with Crippen LogP contribution in [0.2, 0.25) is 5.02 Å². The lowest BCUT2D eigenvalue weighted by Crippen LogP contribution is -2.01. The van der Waals surface area contributed by atoms with Crippen LogP contribution in [-0.2, 0) is 6.61 Å². The monoisotopic (exact) mass is 412 g/mol.